The van der Waals surface area contributed by atoms with Crippen LogP contribution in [0.4, 0.5) is 0 Å². The molecule has 8 heteroatoms. The summed E-state index contributed by atoms with van der Waals surface area (Å²) >= 11 is 0. The van der Waals surface area contributed by atoms with Gasteiger partial charge in [-0.25, -0.2) is 4.79 Å². The molecule has 0 bridgehead atoms. The predicted octanol–water partition coefficient (Wildman–Crippen LogP) is 1.41. The number of benzene rings is 1. The maximum absolute atomic E-state index is 12.7. The number of carbonyl (C=O) groups is 3. The first-order valence-electron chi connectivity index (χ1n) is 9.86. The molecule has 0 radical (unpaired) electrons. The highest BCUT2D eigenvalue weighted by Crippen LogP contribution is 2.12. The highest BCUT2D eigenvalue weighted by molar-refractivity contribution is 5.91. The van der Waals surface area contributed by atoms with Crippen LogP contribution in [0, 0.1) is 11.8 Å². The van der Waals surface area contributed by atoms with Crippen LogP contribution >= 0.6 is 0 Å². The molecule has 3 unspecified atom stereocenters. The van der Waals surface area contributed by atoms with Gasteiger partial charge in [-0.2, -0.15) is 0 Å². The third kappa shape index (κ3) is 8.95. The van der Waals surface area contributed by atoms with E-state index in [4.69, 9.17) is 5.73 Å². The monoisotopic (exact) mass is 407 g/mol. The van der Waals surface area contributed by atoms with Gasteiger partial charge in [-0.05, 0) is 42.4 Å². The lowest BCUT2D eigenvalue weighted by Crippen LogP contribution is -2.55. The van der Waals surface area contributed by atoms with Gasteiger partial charge in [0, 0.05) is 6.42 Å². The van der Waals surface area contributed by atoms with E-state index in [0.717, 1.165) is 0 Å². The van der Waals surface area contributed by atoms with Crippen molar-refractivity contribution in [3.63, 3.8) is 0 Å². The number of phenolic OH excluding ortho intramolecular Hbond substituents is 1. The van der Waals surface area contributed by atoms with E-state index in [1.807, 2.05) is 27.7 Å². The number of carbonyl (C=O) groups excluding carboxylic acids is 2. The fraction of sp³-hybridized carbons (Fsp3) is 0.571. The second kappa shape index (κ2) is 11.4. The van der Waals surface area contributed by atoms with Crippen molar-refractivity contribution in [2.24, 2.45) is 17.6 Å². The number of rotatable bonds is 11. The summed E-state index contributed by atoms with van der Waals surface area (Å²) in [6.45, 7) is 7.72. The lowest BCUT2D eigenvalue weighted by atomic mass is 9.99. The third-order valence-electron chi connectivity index (χ3n) is 4.39. The van der Waals surface area contributed by atoms with Crippen LogP contribution in [0.15, 0.2) is 24.3 Å². The lowest BCUT2D eigenvalue weighted by Gasteiger charge is -2.24. The number of aliphatic carboxylic acids is 1. The van der Waals surface area contributed by atoms with Crippen molar-refractivity contribution < 1.29 is 24.6 Å². The van der Waals surface area contributed by atoms with Gasteiger partial charge in [-0.3, -0.25) is 9.59 Å². The molecule has 1 aromatic rings. The maximum Gasteiger partial charge on any atom is 0.326 e. The quantitative estimate of drug-likeness (QED) is 0.375. The van der Waals surface area contributed by atoms with Crippen molar-refractivity contribution in [3.05, 3.63) is 29.8 Å². The van der Waals surface area contributed by atoms with Gasteiger partial charge in [-0.15, -0.1) is 0 Å². The fourth-order valence-corrected chi connectivity index (χ4v) is 2.94. The summed E-state index contributed by atoms with van der Waals surface area (Å²) in [6, 6.07) is 3.32. The third-order valence-corrected chi connectivity index (χ3v) is 4.39. The van der Waals surface area contributed by atoms with Gasteiger partial charge in [0.05, 0.1) is 6.04 Å². The fourth-order valence-electron chi connectivity index (χ4n) is 2.94. The number of hydrogen-bond acceptors (Lipinski definition) is 5. The van der Waals surface area contributed by atoms with Crippen molar-refractivity contribution in [1.82, 2.24) is 10.6 Å². The Morgan fingerprint density at radius 1 is 0.897 bits per heavy atom. The summed E-state index contributed by atoms with van der Waals surface area (Å²) < 4.78 is 0. The molecule has 0 fully saturated rings. The Hall–Kier alpha value is -2.61. The smallest absolute Gasteiger partial charge is 0.326 e. The number of hydrogen-bond donors (Lipinski definition) is 5. The SMILES string of the molecule is CC(C)CC(N)C(=O)NC(CC(C)C)C(=O)NC(Cc1ccc(O)cc1)C(=O)O. The highest BCUT2D eigenvalue weighted by atomic mass is 16.4. The number of nitrogens with two attached hydrogens (primary N) is 1. The molecule has 3 atom stereocenters. The second-order valence-electron chi connectivity index (χ2n) is 8.20. The molecule has 0 heterocycles. The molecular formula is C21H33N3O5. The zero-order valence-electron chi connectivity index (χ0n) is 17.5. The van der Waals surface area contributed by atoms with E-state index in [1.165, 1.54) is 12.1 Å². The highest BCUT2D eigenvalue weighted by Gasteiger charge is 2.28. The summed E-state index contributed by atoms with van der Waals surface area (Å²) in [5.74, 6) is -1.76. The van der Waals surface area contributed by atoms with Gasteiger partial charge >= 0.3 is 5.97 Å². The molecule has 0 aromatic heterocycles. The second-order valence-corrected chi connectivity index (χ2v) is 8.20. The minimum atomic E-state index is -1.18. The molecule has 0 aliphatic heterocycles. The van der Waals surface area contributed by atoms with Crippen molar-refractivity contribution in [2.75, 3.05) is 0 Å². The molecule has 2 amide bonds. The van der Waals surface area contributed by atoms with Crippen LogP contribution in [0.3, 0.4) is 0 Å². The molecule has 0 saturated heterocycles. The number of amides is 2. The van der Waals surface area contributed by atoms with E-state index >= 15 is 0 Å². The normalized spacial score (nSPS) is 14.3. The first kappa shape index (κ1) is 24.4. The molecule has 8 nitrogen and oxygen atoms in total. The van der Waals surface area contributed by atoms with E-state index in [1.54, 1.807) is 12.1 Å². The molecule has 1 rings (SSSR count). The predicted molar refractivity (Wildman–Crippen MR) is 110 cm³/mol. The van der Waals surface area contributed by atoms with E-state index in [9.17, 15) is 24.6 Å². The minimum absolute atomic E-state index is 0.0521. The van der Waals surface area contributed by atoms with Crippen LogP contribution in [-0.2, 0) is 20.8 Å². The van der Waals surface area contributed by atoms with E-state index in [-0.39, 0.29) is 24.0 Å². The number of aromatic hydroxyl groups is 1. The van der Waals surface area contributed by atoms with Gasteiger partial charge in [0.1, 0.15) is 17.8 Å². The largest absolute Gasteiger partial charge is 0.508 e. The zero-order chi connectivity index (χ0) is 22.1. The molecule has 1 aromatic carbocycles. The molecule has 6 N–H and O–H groups in total. The Balaban J connectivity index is 2.85. The van der Waals surface area contributed by atoms with Crippen LogP contribution in [0.2, 0.25) is 0 Å². The molecule has 162 valence electrons. The number of nitrogens with one attached hydrogen (secondary N) is 2. The van der Waals surface area contributed by atoms with Gasteiger partial charge in [0.2, 0.25) is 11.8 Å². The standard InChI is InChI=1S/C21H33N3O5/c1-12(2)9-16(22)19(26)23-17(10-13(3)4)20(27)24-18(21(28)29)11-14-5-7-15(25)8-6-14/h5-8,12-13,16-18,25H,9-11,22H2,1-4H3,(H,23,26)(H,24,27)(H,28,29). The van der Waals surface area contributed by atoms with Crippen molar-refractivity contribution >= 4 is 17.8 Å². The molecule has 29 heavy (non-hydrogen) atoms. The van der Waals surface area contributed by atoms with Crippen molar-refractivity contribution in [3.8, 4) is 5.75 Å². The van der Waals surface area contributed by atoms with Gasteiger partial charge in [0.15, 0.2) is 0 Å². The molecule has 0 aliphatic carbocycles. The molecule has 0 saturated carbocycles. The molecular weight excluding hydrogens is 374 g/mol. The van der Waals surface area contributed by atoms with Gasteiger partial charge < -0.3 is 26.6 Å². The summed E-state index contributed by atoms with van der Waals surface area (Å²) in [5.41, 5.74) is 6.55. The molecule has 0 aliphatic rings. The van der Waals surface area contributed by atoms with Crippen LogP contribution in [0.5, 0.6) is 5.75 Å². The van der Waals surface area contributed by atoms with Crippen LogP contribution in [-0.4, -0.2) is 46.1 Å². The summed E-state index contributed by atoms with van der Waals surface area (Å²) in [7, 11) is 0. The van der Waals surface area contributed by atoms with E-state index in [0.29, 0.717) is 18.4 Å². The summed E-state index contributed by atoms with van der Waals surface area (Å²) in [4.78, 5) is 36.7. The summed E-state index contributed by atoms with van der Waals surface area (Å²) in [5, 5.41) is 24.0. The first-order chi connectivity index (χ1) is 13.5. The van der Waals surface area contributed by atoms with Crippen LogP contribution in [0.1, 0.15) is 46.1 Å². The van der Waals surface area contributed by atoms with E-state index in [2.05, 4.69) is 10.6 Å². The maximum atomic E-state index is 12.7. The first-order valence-corrected chi connectivity index (χ1v) is 9.86. The minimum Gasteiger partial charge on any atom is -0.508 e. The average molecular weight is 408 g/mol. The van der Waals surface area contributed by atoms with E-state index < -0.39 is 35.9 Å². The number of phenols is 1. The Bertz CT molecular complexity index is 688. The topological polar surface area (TPSA) is 142 Å². The molecule has 0 spiro atoms. The zero-order valence-corrected chi connectivity index (χ0v) is 17.5. The van der Waals surface area contributed by atoms with Gasteiger partial charge in [0.25, 0.3) is 0 Å². The van der Waals surface area contributed by atoms with Crippen LogP contribution < -0.4 is 16.4 Å². The van der Waals surface area contributed by atoms with Crippen molar-refractivity contribution in [1.29, 1.82) is 0 Å². The summed E-state index contributed by atoms with van der Waals surface area (Å²) in [6.07, 6.45) is 0.897. The average Bonchev–Trinajstić information content (AvgIpc) is 2.61. The number of carboxylic acid groups (broad SMARTS) is 1. The van der Waals surface area contributed by atoms with Crippen molar-refractivity contribution in [2.45, 2.75) is 65.1 Å². The number of carboxylic acids is 1. The van der Waals surface area contributed by atoms with Crippen LogP contribution in [0.25, 0.3) is 0 Å². The Kier molecular flexibility index (Phi) is 9.61. The lowest BCUT2D eigenvalue weighted by molar-refractivity contribution is -0.142. The Labute approximate surface area is 171 Å². The Morgan fingerprint density at radius 2 is 1.41 bits per heavy atom. The van der Waals surface area contributed by atoms with Gasteiger partial charge in [-0.1, -0.05) is 39.8 Å². The Morgan fingerprint density at radius 3 is 1.90 bits per heavy atom.